The normalized spacial score (nSPS) is 21.0. The number of carbonyl (C=O) groups is 1. The molecule has 1 heterocycles. The van der Waals surface area contributed by atoms with Crippen LogP contribution < -0.4 is 11.1 Å². The lowest BCUT2D eigenvalue weighted by Crippen LogP contribution is -2.57. The molecule has 144 valence electrons. The zero-order valence-electron chi connectivity index (χ0n) is 13.7. The van der Waals surface area contributed by atoms with Gasteiger partial charge >= 0.3 is 5.92 Å². The third kappa shape index (κ3) is 6.40. The van der Waals surface area contributed by atoms with E-state index in [1.165, 1.54) is 0 Å². The number of nitrogens with zero attached hydrogens (tertiary/aromatic N) is 1. The number of hydrogen-bond donors (Lipinski definition) is 3. The molecule has 0 spiro atoms. The molecule has 0 bridgehead atoms. The quantitative estimate of drug-likeness (QED) is 0.524. The molecule has 24 heavy (non-hydrogen) atoms. The van der Waals surface area contributed by atoms with E-state index in [1.54, 1.807) is 18.7 Å². The van der Waals surface area contributed by atoms with Crippen LogP contribution >= 0.6 is 12.4 Å². The molecule has 1 saturated heterocycles. The lowest BCUT2D eigenvalue weighted by atomic mass is 9.95. The van der Waals surface area contributed by atoms with Gasteiger partial charge in [0.25, 0.3) is 5.91 Å². The van der Waals surface area contributed by atoms with Gasteiger partial charge < -0.3 is 16.2 Å². The van der Waals surface area contributed by atoms with Crippen LogP contribution in [0.2, 0.25) is 0 Å². The lowest BCUT2D eigenvalue weighted by molar-refractivity contribution is -0.167. The molecule has 1 aliphatic heterocycles. The molecule has 0 aliphatic carbocycles. The molecule has 1 aliphatic rings. The van der Waals surface area contributed by atoms with Crippen LogP contribution in [0.4, 0.5) is 8.78 Å². The fourth-order valence-corrected chi connectivity index (χ4v) is 3.44. The Kier molecular flexibility index (Phi) is 9.02. The highest BCUT2D eigenvalue weighted by Crippen LogP contribution is 2.23. The van der Waals surface area contributed by atoms with Gasteiger partial charge in [-0.3, -0.25) is 9.69 Å². The highest BCUT2D eigenvalue weighted by Gasteiger charge is 2.49. The SMILES string of the molecule is CC(C)[C@H](N)[C@@H](O)C(F)(F)C(=O)NCCN1CCS(=O)(=O)CC1.Cl. The zero-order valence-corrected chi connectivity index (χ0v) is 15.4. The average molecular weight is 394 g/mol. The summed E-state index contributed by atoms with van der Waals surface area (Å²) in [5, 5.41) is 11.6. The second-order valence-electron chi connectivity index (χ2n) is 6.14. The third-order valence-corrected chi connectivity index (χ3v) is 5.57. The van der Waals surface area contributed by atoms with Gasteiger partial charge in [-0.05, 0) is 5.92 Å². The molecule has 0 radical (unpaired) electrons. The summed E-state index contributed by atoms with van der Waals surface area (Å²) in [6.07, 6.45) is -2.26. The van der Waals surface area contributed by atoms with Gasteiger partial charge in [0, 0.05) is 32.2 Å². The Morgan fingerprint density at radius 1 is 1.33 bits per heavy atom. The van der Waals surface area contributed by atoms with Crippen molar-refractivity contribution >= 4 is 28.2 Å². The number of rotatable bonds is 7. The van der Waals surface area contributed by atoms with Crippen LogP contribution in [0, 0.1) is 5.92 Å². The summed E-state index contributed by atoms with van der Waals surface area (Å²) in [6.45, 7) is 3.99. The van der Waals surface area contributed by atoms with Crippen molar-refractivity contribution in [2.24, 2.45) is 11.7 Å². The van der Waals surface area contributed by atoms with Crippen molar-refractivity contribution in [3.8, 4) is 0 Å². The van der Waals surface area contributed by atoms with Crippen LogP contribution in [0.25, 0.3) is 0 Å². The highest BCUT2D eigenvalue weighted by atomic mass is 35.5. The Labute approximate surface area is 147 Å². The van der Waals surface area contributed by atoms with E-state index in [2.05, 4.69) is 5.32 Å². The van der Waals surface area contributed by atoms with E-state index in [1.807, 2.05) is 0 Å². The second kappa shape index (κ2) is 9.23. The number of hydrogen-bond acceptors (Lipinski definition) is 6. The Morgan fingerprint density at radius 3 is 2.29 bits per heavy atom. The van der Waals surface area contributed by atoms with E-state index in [4.69, 9.17) is 5.73 Å². The van der Waals surface area contributed by atoms with Crippen molar-refractivity contribution in [1.82, 2.24) is 10.2 Å². The van der Waals surface area contributed by atoms with Crippen LogP contribution in [0.15, 0.2) is 0 Å². The van der Waals surface area contributed by atoms with Crippen LogP contribution in [0.1, 0.15) is 13.8 Å². The maximum Gasteiger partial charge on any atom is 0.351 e. The molecule has 0 unspecified atom stereocenters. The van der Waals surface area contributed by atoms with Crippen molar-refractivity contribution in [3.05, 3.63) is 0 Å². The summed E-state index contributed by atoms with van der Waals surface area (Å²) in [4.78, 5) is 13.4. The van der Waals surface area contributed by atoms with Gasteiger partial charge in [-0.2, -0.15) is 8.78 Å². The predicted molar refractivity (Wildman–Crippen MR) is 89.1 cm³/mol. The number of nitrogens with one attached hydrogen (secondary N) is 1. The summed E-state index contributed by atoms with van der Waals surface area (Å²) in [7, 11) is -3.01. The largest absolute Gasteiger partial charge is 0.385 e. The predicted octanol–water partition coefficient (Wildman–Crippen LogP) is -0.766. The summed E-state index contributed by atoms with van der Waals surface area (Å²) in [5.74, 6) is -5.91. The smallest absolute Gasteiger partial charge is 0.351 e. The summed E-state index contributed by atoms with van der Waals surface area (Å²) < 4.78 is 50.2. The van der Waals surface area contributed by atoms with E-state index in [0.29, 0.717) is 13.1 Å². The number of carbonyl (C=O) groups excluding carboxylic acids is 1. The van der Waals surface area contributed by atoms with Gasteiger partial charge in [-0.25, -0.2) is 8.42 Å². The second-order valence-corrected chi connectivity index (χ2v) is 8.44. The maximum absolute atomic E-state index is 13.9. The molecule has 1 rings (SSSR count). The van der Waals surface area contributed by atoms with Crippen molar-refractivity contribution < 1.29 is 27.1 Å². The van der Waals surface area contributed by atoms with E-state index >= 15 is 0 Å². The molecule has 7 nitrogen and oxygen atoms in total. The van der Waals surface area contributed by atoms with E-state index in [-0.39, 0.29) is 37.0 Å². The molecular formula is C13H26ClF2N3O4S. The van der Waals surface area contributed by atoms with Gasteiger partial charge in [0.1, 0.15) is 6.10 Å². The molecule has 1 fully saturated rings. The summed E-state index contributed by atoms with van der Waals surface area (Å²) in [6, 6.07) is -1.22. The molecular weight excluding hydrogens is 368 g/mol. The first-order valence-corrected chi connectivity index (χ1v) is 9.32. The van der Waals surface area contributed by atoms with Crippen molar-refractivity contribution in [1.29, 1.82) is 0 Å². The minimum atomic E-state index is -3.98. The first kappa shape index (κ1) is 23.4. The number of nitrogens with two attached hydrogens (primary N) is 1. The molecule has 11 heteroatoms. The molecule has 4 N–H and O–H groups in total. The van der Waals surface area contributed by atoms with E-state index < -0.39 is 39.7 Å². The molecule has 0 aromatic rings. The number of sulfone groups is 1. The van der Waals surface area contributed by atoms with Crippen LogP contribution in [0.5, 0.6) is 0 Å². The van der Waals surface area contributed by atoms with Crippen LogP contribution in [0.3, 0.4) is 0 Å². The average Bonchev–Trinajstić information content (AvgIpc) is 2.46. The minimum absolute atomic E-state index is 0. The van der Waals surface area contributed by atoms with Crippen molar-refractivity contribution in [2.75, 3.05) is 37.7 Å². The number of aliphatic hydroxyl groups is 1. The first-order valence-electron chi connectivity index (χ1n) is 7.50. The monoisotopic (exact) mass is 393 g/mol. The van der Waals surface area contributed by atoms with Gasteiger partial charge in [0.05, 0.1) is 11.5 Å². The number of aliphatic hydroxyl groups excluding tert-OH is 1. The molecule has 0 aromatic heterocycles. The zero-order chi connectivity index (χ0) is 17.8. The standard InChI is InChI=1S/C13H25F2N3O4S.ClH/c1-9(2)10(16)11(19)13(14,15)12(20)17-3-4-18-5-7-23(21,22)8-6-18;/h9-11,19H,3-8,16H2,1-2H3,(H,17,20);1H/t10-,11+;/m0./s1. The molecule has 0 saturated carbocycles. The summed E-state index contributed by atoms with van der Waals surface area (Å²) in [5.41, 5.74) is 5.48. The van der Waals surface area contributed by atoms with Gasteiger partial charge in [-0.1, -0.05) is 13.8 Å². The third-order valence-electron chi connectivity index (χ3n) is 3.96. The van der Waals surface area contributed by atoms with Crippen molar-refractivity contribution in [3.63, 3.8) is 0 Å². The van der Waals surface area contributed by atoms with Crippen LogP contribution in [-0.4, -0.2) is 80.1 Å². The van der Waals surface area contributed by atoms with Gasteiger partial charge in [0.2, 0.25) is 0 Å². The lowest BCUT2D eigenvalue weighted by Gasteiger charge is -2.29. The van der Waals surface area contributed by atoms with Crippen LogP contribution in [-0.2, 0) is 14.6 Å². The van der Waals surface area contributed by atoms with E-state index in [0.717, 1.165) is 0 Å². The Balaban J connectivity index is 0.00000529. The Morgan fingerprint density at radius 2 is 1.83 bits per heavy atom. The molecule has 0 aromatic carbocycles. The molecule has 2 atom stereocenters. The van der Waals surface area contributed by atoms with Crippen molar-refractivity contribution in [2.45, 2.75) is 31.9 Å². The number of alkyl halides is 2. The van der Waals surface area contributed by atoms with E-state index in [9.17, 15) is 27.1 Å². The fraction of sp³-hybridized carbons (Fsp3) is 0.923. The topological polar surface area (TPSA) is 113 Å². The summed E-state index contributed by atoms with van der Waals surface area (Å²) >= 11 is 0. The number of amides is 1. The van der Waals surface area contributed by atoms with Gasteiger partial charge in [-0.15, -0.1) is 12.4 Å². The molecule has 1 amide bonds. The highest BCUT2D eigenvalue weighted by molar-refractivity contribution is 7.91. The Bertz CT molecular complexity index is 505. The number of halogens is 3. The fourth-order valence-electron chi connectivity index (χ4n) is 2.16. The first-order chi connectivity index (χ1) is 10.5. The minimum Gasteiger partial charge on any atom is -0.385 e. The van der Waals surface area contributed by atoms with Gasteiger partial charge in [0.15, 0.2) is 9.84 Å². The maximum atomic E-state index is 13.9. The Hall–Kier alpha value is -0.550.